The molecule has 0 spiro atoms. The molecule has 2 nitrogen and oxygen atoms in total. The third kappa shape index (κ3) is 5.09. The Morgan fingerprint density at radius 3 is 1.85 bits per heavy atom. The van der Waals surface area contributed by atoms with Crippen molar-refractivity contribution in [3.63, 3.8) is 0 Å². The first-order valence-electron chi connectivity index (χ1n) is 9.07. The van der Waals surface area contributed by atoms with Gasteiger partial charge in [-0.2, -0.15) is 0 Å². The lowest BCUT2D eigenvalue weighted by atomic mass is 9.88. The van der Waals surface area contributed by atoms with Gasteiger partial charge in [-0.3, -0.25) is 0 Å². The molecule has 3 heteroatoms. The number of aliphatic hydroxyl groups is 1. The van der Waals surface area contributed by atoms with E-state index in [1.54, 1.807) is 0 Å². The van der Waals surface area contributed by atoms with Crippen molar-refractivity contribution in [2.45, 2.75) is 6.42 Å². The minimum absolute atomic E-state index is 0.104. The summed E-state index contributed by atoms with van der Waals surface area (Å²) >= 11 is 3.38. The lowest BCUT2D eigenvalue weighted by Crippen LogP contribution is -1.99. The Bertz CT molecular complexity index is 856. The number of halogens is 1. The standard InChI is InChI=1S/C24H23BrO2/c25-16-18-27-22-13-11-21(12-14-22)24(20-9-5-2-6-10-20)23(15-17-26)19-7-3-1-4-8-19/h1-14,26H,15-18H2. The highest BCUT2D eigenvalue weighted by Gasteiger charge is 2.14. The van der Waals surface area contributed by atoms with Crippen LogP contribution in [-0.4, -0.2) is 23.7 Å². The van der Waals surface area contributed by atoms with Crippen LogP contribution in [-0.2, 0) is 0 Å². The number of hydrogen-bond donors (Lipinski definition) is 1. The van der Waals surface area contributed by atoms with Gasteiger partial charge in [0, 0.05) is 11.9 Å². The molecule has 27 heavy (non-hydrogen) atoms. The van der Waals surface area contributed by atoms with Gasteiger partial charge in [0.1, 0.15) is 5.75 Å². The first-order chi connectivity index (χ1) is 13.3. The maximum absolute atomic E-state index is 9.72. The second-order valence-electron chi connectivity index (χ2n) is 6.12. The zero-order valence-electron chi connectivity index (χ0n) is 15.1. The molecule has 0 saturated heterocycles. The van der Waals surface area contributed by atoms with Crippen LogP contribution in [0.1, 0.15) is 23.1 Å². The fraction of sp³-hybridized carbons (Fsp3) is 0.167. The van der Waals surface area contributed by atoms with Crippen molar-refractivity contribution in [3.8, 4) is 5.75 Å². The fourth-order valence-electron chi connectivity index (χ4n) is 3.16. The molecule has 3 aromatic carbocycles. The highest BCUT2D eigenvalue weighted by molar-refractivity contribution is 9.09. The molecule has 0 aliphatic rings. The van der Waals surface area contributed by atoms with Gasteiger partial charge in [0.2, 0.25) is 0 Å². The van der Waals surface area contributed by atoms with E-state index in [2.05, 4.69) is 52.3 Å². The number of rotatable bonds is 8. The third-order valence-electron chi connectivity index (χ3n) is 4.34. The SMILES string of the molecule is OCCC(=C(c1ccccc1)c1ccc(OCCBr)cc1)c1ccccc1. The molecule has 0 radical (unpaired) electrons. The van der Waals surface area contributed by atoms with Crippen LogP contribution in [0.3, 0.4) is 0 Å². The van der Waals surface area contributed by atoms with Crippen molar-refractivity contribution < 1.29 is 9.84 Å². The van der Waals surface area contributed by atoms with Crippen LogP contribution in [0.4, 0.5) is 0 Å². The molecule has 0 unspecified atom stereocenters. The van der Waals surface area contributed by atoms with E-state index < -0.39 is 0 Å². The maximum atomic E-state index is 9.72. The molecule has 0 fully saturated rings. The second kappa shape index (κ2) is 10.1. The number of alkyl halides is 1. The summed E-state index contributed by atoms with van der Waals surface area (Å²) in [5.41, 5.74) is 5.66. The minimum Gasteiger partial charge on any atom is -0.493 e. The summed E-state index contributed by atoms with van der Waals surface area (Å²) in [5, 5.41) is 10.5. The molecule has 0 saturated carbocycles. The van der Waals surface area contributed by atoms with E-state index in [0.717, 1.165) is 38.9 Å². The first kappa shape index (κ1) is 19.4. The average Bonchev–Trinajstić information content (AvgIpc) is 2.74. The predicted octanol–water partition coefficient (Wildman–Crippen LogP) is 5.80. The summed E-state index contributed by atoms with van der Waals surface area (Å²) in [6.45, 7) is 0.744. The molecule has 138 valence electrons. The molecule has 0 aliphatic heterocycles. The van der Waals surface area contributed by atoms with Crippen molar-refractivity contribution in [2.75, 3.05) is 18.5 Å². The van der Waals surface area contributed by atoms with Crippen molar-refractivity contribution in [1.29, 1.82) is 0 Å². The van der Waals surface area contributed by atoms with Crippen LogP contribution in [0.25, 0.3) is 11.1 Å². The topological polar surface area (TPSA) is 29.5 Å². The van der Waals surface area contributed by atoms with E-state index >= 15 is 0 Å². The lowest BCUT2D eigenvalue weighted by Gasteiger charge is -2.17. The van der Waals surface area contributed by atoms with Gasteiger partial charge in [-0.05, 0) is 46.4 Å². The van der Waals surface area contributed by atoms with E-state index in [1.807, 2.05) is 48.5 Å². The van der Waals surface area contributed by atoms with Crippen LogP contribution in [0, 0.1) is 0 Å². The van der Waals surface area contributed by atoms with Gasteiger partial charge in [-0.15, -0.1) is 0 Å². The highest BCUT2D eigenvalue weighted by atomic mass is 79.9. The van der Waals surface area contributed by atoms with Gasteiger partial charge in [-0.25, -0.2) is 0 Å². The summed E-state index contributed by atoms with van der Waals surface area (Å²) in [4.78, 5) is 0. The van der Waals surface area contributed by atoms with E-state index in [0.29, 0.717) is 13.0 Å². The van der Waals surface area contributed by atoms with Crippen molar-refractivity contribution in [1.82, 2.24) is 0 Å². The Morgan fingerprint density at radius 2 is 1.30 bits per heavy atom. The smallest absolute Gasteiger partial charge is 0.119 e. The van der Waals surface area contributed by atoms with Gasteiger partial charge < -0.3 is 9.84 Å². The highest BCUT2D eigenvalue weighted by Crippen LogP contribution is 2.34. The van der Waals surface area contributed by atoms with Gasteiger partial charge in [0.25, 0.3) is 0 Å². The van der Waals surface area contributed by atoms with Crippen LogP contribution in [0.2, 0.25) is 0 Å². The van der Waals surface area contributed by atoms with Gasteiger partial charge in [0.15, 0.2) is 0 Å². The fourth-order valence-corrected chi connectivity index (χ4v) is 3.32. The summed E-state index contributed by atoms with van der Waals surface area (Å²) in [5.74, 6) is 0.856. The molecule has 0 aliphatic carbocycles. The van der Waals surface area contributed by atoms with Crippen molar-refractivity contribution in [2.24, 2.45) is 0 Å². The summed E-state index contributed by atoms with van der Waals surface area (Å²) < 4.78 is 5.69. The maximum Gasteiger partial charge on any atom is 0.119 e. The minimum atomic E-state index is 0.104. The molecule has 0 bridgehead atoms. The summed E-state index contributed by atoms with van der Waals surface area (Å²) in [7, 11) is 0. The molecule has 3 rings (SSSR count). The monoisotopic (exact) mass is 422 g/mol. The first-order valence-corrected chi connectivity index (χ1v) is 10.2. The Labute approximate surface area is 169 Å². The van der Waals surface area contributed by atoms with Crippen LogP contribution >= 0.6 is 15.9 Å². The van der Waals surface area contributed by atoms with E-state index in [-0.39, 0.29) is 6.61 Å². The van der Waals surface area contributed by atoms with Gasteiger partial charge in [0.05, 0.1) is 6.61 Å². The molecule has 0 amide bonds. The number of ether oxygens (including phenoxy) is 1. The number of hydrogen-bond acceptors (Lipinski definition) is 2. The van der Waals surface area contributed by atoms with E-state index in [4.69, 9.17) is 4.74 Å². The number of benzene rings is 3. The molecule has 0 aromatic heterocycles. The Hall–Kier alpha value is -2.36. The quantitative estimate of drug-likeness (QED) is 0.367. The third-order valence-corrected chi connectivity index (χ3v) is 4.66. The van der Waals surface area contributed by atoms with E-state index in [9.17, 15) is 5.11 Å². The van der Waals surface area contributed by atoms with Gasteiger partial charge >= 0.3 is 0 Å². The number of aliphatic hydroxyl groups excluding tert-OH is 1. The zero-order valence-corrected chi connectivity index (χ0v) is 16.7. The molecule has 0 atom stereocenters. The normalized spacial score (nSPS) is 11.8. The predicted molar refractivity (Wildman–Crippen MR) is 116 cm³/mol. The van der Waals surface area contributed by atoms with Crippen molar-refractivity contribution >= 4 is 27.1 Å². The summed E-state index contributed by atoms with van der Waals surface area (Å²) in [6, 6.07) is 28.8. The molecular weight excluding hydrogens is 400 g/mol. The average molecular weight is 423 g/mol. The van der Waals surface area contributed by atoms with Crippen LogP contribution in [0.15, 0.2) is 84.9 Å². The van der Waals surface area contributed by atoms with Crippen LogP contribution < -0.4 is 4.74 Å². The molecule has 3 aromatic rings. The Kier molecular flexibility index (Phi) is 7.26. The molecule has 0 heterocycles. The van der Waals surface area contributed by atoms with Crippen LogP contribution in [0.5, 0.6) is 5.75 Å². The molecule has 1 N–H and O–H groups in total. The van der Waals surface area contributed by atoms with E-state index in [1.165, 1.54) is 0 Å². The Morgan fingerprint density at radius 1 is 0.741 bits per heavy atom. The zero-order chi connectivity index (χ0) is 18.9. The molecular formula is C24H23BrO2. The second-order valence-corrected chi connectivity index (χ2v) is 6.91. The van der Waals surface area contributed by atoms with Crippen molar-refractivity contribution in [3.05, 3.63) is 102 Å². The Balaban J connectivity index is 2.13. The summed E-state index contributed by atoms with van der Waals surface area (Å²) in [6.07, 6.45) is 0.593. The van der Waals surface area contributed by atoms with Gasteiger partial charge in [-0.1, -0.05) is 88.7 Å². The lowest BCUT2D eigenvalue weighted by molar-refractivity contribution is 0.305. The largest absolute Gasteiger partial charge is 0.493 e.